The van der Waals surface area contributed by atoms with E-state index in [4.69, 9.17) is 23.7 Å². The molecule has 8 nitrogen and oxygen atoms in total. The van der Waals surface area contributed by atoms with E-state index >= 15 is 0 Å². The van der Waals surface area contributed by atoms with Crippen molar-refractivity contribution in [3.05, 3.63) is 82.9 Å². The van der Waals surface area contributed by atoms with Crippen LogP contribution in [0.5, 0.6) is 23.0 Å². The molecule has 8 heteroatoms. The van der Waals surface area contributed by atoms with E-state index in [-0.39, 0.29) is 12.5 Å². The normalized spacial score (nSPS) is 14.4. The van der Waals surface area contributed by atoms with E-state index in [1.54, 1.807) is 62.6 Å². The van der Waals surface area contributed by atoms with E-state index in [9.17, 15) is 9.59 Å². The first kappa shape index (κ1) is 24.9. The highest BCUT2D eigenvalue weighted by atomic mass is 16.5. The van der Waals surface area contributed by atoms with Gasteiger partial charge in [-0.05, 0) is 66.1 Å². The van der Waals surface area contributed by atoms with Crippen molar-refractivity contribution in [1.29, 1.82) is 0 Å². The lowest BCUT2D eigenvalue weighted by Gasteiger charge is -2.38. The van der Waals surface area contributed by atoms with Crippen LogP contribution in [0.4, 0.5) is 0 Å². The van der Waals surface area contributed by atoms with Crippen LogP contribution < -0.4 is 18.9 Å². The lowest BCUT2D eigenvalue weighted by molar-refractivity contribution is 0.0580. The minimum atomic E-state index is -0.419. The molecule has 188 valence electrons. The van der Waals surface area contributed by atoms with E-state index in [1.807, 2.05) is 24.3 Å². The topological polar surface area (TPSA) is 83.5 Å². The highest BCUT2D eigenvalue weighted by molar-refractivity contribution is 5.97. The zero-order valence-corrected chi connectivity index (χ0v) is 20.8. The molecule has 0 bridgehead atoms. The fraction of sp³-hybridized carbons (Fsp3) is 0.286. The summed E-state index contributed by atoms with van der Waals surface area (Å²) in [6.07, 6.45) is 0.654. The molecule has 0 unspecified atom stereocenters. The molecule has 0 saturated carbocycles. The van der Waals surface area contributed by atoms with Gasteiger partial charge in [0.05, 0.1) is 45.6 Å². The molecule has 1 heterocycles. The maximum absolute atomic E-state index is 13.7. The summed E-state index contributed by atoms with van der Waals surface area (Å²) in [6, 6.07) is 17.3. The number of carbonyl (C=O) groups excluding carboxylic acids is 2. The number of carbonyl (C=O) groups is 2. The van der Waals surface area contributed by atoms with Crippen LogP contribution in [0.2, 0.25) is 0 Å². The third kappa shape index (κ3) is 4.93. The molecule has 1 aliphatic rings. The highest BCUT2D eigenvalue weighted by Gasteiger charge is 2.34. The number of rotatable bonds is 8. The summed E-state index contributed by atoms with van der Waals surface area (Å²) in [5.41, 5.74) is 2.90. The number of para-hydroxylation sites is 1. The fourth-order valence-corrected chi connectivity index (χ4v) is 4.41. The Balaban J connectivity index is 1.68. The number of benzene rings is 3. The molecule has 0 saturated heterocycles. The molecule has 3 aromatic rings. The molecule has 0 fully saturated rings. The number of esters is 1. The third-order valence-corrected chi connectivity index (χ3v) is 6.28. The summed E-state index contributed by atoms with van der Waals surface area (Å²) in [5.74, 6) is 1.73. The predicted molar refractivity (Wildman–Crippen MR) is 133 cm³/mol. The Labute approximate surface area is 210 Å². The van der Waals surface area contributed by atoms with E-state index < -0.39 is 12.0 Å². The average Bonchev–Trinajstić information content (AvgIpc) is 2.94. The van der Waals surface area contributed by atoms with Crippen LogP contribution in [0.25, 0.3) is 0 Å². The van der Waals surface area contributed by atoms with Crippen LogP contribution in [0.3, 0.4) is 0 Å². The summed E-state index contributed by atoms with van der Waals surface area (Å²) in [5, 5.41) is 0. The molecule has 1 amide bonds. The van der Waals surface area contributed by atoms with Crippen LogP contribution in [-0.2, 0) is 11.2 Å². The second kappa shape index (κ2) is 11.0. The van der Waals surface area contributed by atoms with Crippen molar-refractivity contribution in [3.8, 4) is 23.0 Å². The Bertz CT molecular complexity index is 1240. The standard InChI is InChI=1S/C28H29NO7/c1-32-24-8-6-5-7-21(24)27(30)29-14-13-19-15-25(33-2)26(34-3)16-22(19)23(29)17-36-20-11-9-18(10-12-20)28(31)35-4/h5-12,15-16,23H,13-14,17H2,1-4H3/t23-/m0/s1. The van der Waals surface area contributed by atoms with E-state index in [0.29, 0.717) is 47.1 Å². The van der Waals surface area contributed by atoms with Crippen LogP contribution >= 0.6 is 0 Å². The monoisotopic (exact) mass is 491 g/mol. The van der Waals surface area contributed by atoms with Crippen molar-refractivity contribution in [1.82, 2.24) is 4.90 Å². The van der Waals surface area contributed by atoms with Crippen molar-refractivity contribution < 1.29 is 33.3 Å². The van der Waals surface area contributed by atoms with Gasteiger partial charge in [-0.3, -0.25) is 4.79 Å². The molecule has 1 aliphatic heterocycles. The van der Waals surface area contributed by atoms with Gasteiger partial charge in [-0.25, -0.2) is 4.79 Å². The molecule has 0 aliphatic carbocycles. The Morgan fingerprint density at radius 3 is 2.19 bits per heavy atom. The van der Waals surface area contributed by atoms with Crippen molar-refractivity contribution in [3.63, 3.8) is 0 Å². The fourth-order valence-electron chi connectivity index (χ4n) is 4.41. The summed E-state index contributed by atoms with van der Waals surface area (Å²) in [4.78, 5) is 27.3. The first-order valence-electron chi connectivity index (χ1n) is 11.5. The Morgan fingerprint density at radius 2 is 1.53 bits per heavy atom. The SMILES string of the molecule is COC(=O)c1ccc(OC[C@H]2c3cc(OC)c(OC)cc3CCN2C(=O)c2ccccc2OC)cc1. The number of ether oxygens (including phenoxy) is 5. The molecule has 1 atom stereocenters. The molecule has 0 N–H and O–H groups in total. The summed E-state index contributed by atoms with van der Waals surface area (Å²) < 4.78 is 27.4. The number of nitrogens with zero attached hydrogens (tertiary/aromatic N) is 1. The van der Waals surface area contributed by atoms with Crippen LogP contribution in [0, 0.1) is 0 Å². The highest BCUT2D eigenvalue weighted by Crippen LogP contribution is 2.39. The van der Waals surface area contributed by atoms with Crippen molar-refractivity contribution in [2.45, 2.75) is 12.5 Å². The molecule has 4 rings (SSSR count). The van der Waals surface area contributed by atoms with Gasteiger partial charge in [0.1, 0.15) is 18.1 Å². The van der Waals surface area contributed by atoms with E-state index in [1.165, 1.54) is 7.11 Å². The van der Waals surface area contributed by atoms with Crippen molar-refractivity contribution >= 4 is 11.9 Å². The number of methoxy groups -OCH3 is 4. The first-order chi connectivity index (χ1) is 17.5. The molecule has 0 aromatic heterocycles. The lowest BCUT2D eigenvalue weighted by Crippen LogP contribution is -2.42. The summed E-state index contributed by atoms with van der Waals surface area (Å²) in [6.45, 7) is 0.690. The second-order valence-corrected chi connectivity index (χ2v) is 8.20. The minimum absolute atomic E-state index is 0.150. The van der Waals surface area contributed by atoms with Gasteiger partial charge in [-0.2, -0.15) is 0 Å². The van der Waals surface area contributed by atoms with Gasteiger partial charge in [0, 0.05) is 6.54 Å². The Hall–Kier alpha value is -4.20. The van der Waals surface area contributed by atoms with Crippen molar-refractivity contribution in [2.75, 3.05) is 41.6 Å². The lowest BCUT2D eigenvalue weighted by atomic mass is 9.91. The zero-order chi connectivity index (χ0) is 25.7. The largest absolute Gasteiger partial charge is 0.496 e. The van der Waals surface area contributed by atoms with Gasteiger partial charge < -0.3 is 28.6 Å². The van der Waals surface area contributed by atoms with E-state index in [0.717, 1.165) is 11.1 Å². The van der Waals surface area contributed by atoms with Crippen LogP contribution in [0.1, 0.15) is 37.9 Å². The third-order valence-electron chi connectivity index (χ3n) is 6.28. The smallest absolute Gasteiger partial charge is 0.337 e. The zero-order valence-electron chi connectivity index (χ0n) is 20.8. The average molecular weight is 492 g/mol. The number of hydrogen-bond donors (Lipinski definition) is 0. The van der Waals surface area contributed by atoms with Gasteiger partial charge in [0.15, 0.2) is 11.5 Å². The molecular weight excluding hydrogens is 462 g/mol. The van der Waals surface area contributed by atoms with Gasteiger partial charge >= 0.3 is 5.97 Å². The molecule has 3 aromatic carbocycles. The molecular formula is C28H29NO7. The molecule has 0 radical (unpaired) electrons. The first-order valence-corrected chi connectivity index (χ1v) is 11.5. The van der Waals surface area contributed by atoms with E-state index in [2.05, 4.69) is 0 Å². The maximum atomic E-state index is 13.7. The second-order valence-electron chi connectivity index (χ2n) is 8.20. The number of fused-ring (bicyclic) bond motifs is 1. The van der Waals surface area contributed by atoms with Crippen LogP contribution in [0.15, 0.2) is 60.7 Å². The summed E-state index contributed by atoms with van der Waals surface area (Å²) >= 11 is 0. The maximum Gasteiger partial charge on any atom is 0.337 e. The predicted octanol–water partition coefficient (Wildman–Crippen LogP) is 4.32. The Kier molecular flexibility index (Phi) is 7.63. The van der Waals surface area contributed by atoms with Gasteiger partial charge in [-0.1, -0.05) is 12.1 Å². The van der Waals surface area contributed by atoms with Gasteiger partial charge in [0.2, 0.25) is 0 Å². The van der Waals surface area contributed by atoms with Gasteiger partial charge in [-0.15, -0.1) is 0 Å². The van der Waals surface area contributed by atoms with Gasteiger partial charge in [0.25, 0.3) is 5.91 Å². The number of hydrogen-bond acceptors (Lipinski definition) is 7. The summed E-state index contributed by atoms with van der Waals surface area (Å²) in [7, 11) is 6.07. The molecule has 36 heavy (non-hydrogen) atoms. The minimum Gasteiger partial charge on any atom is -0.496 e. The molecule has 0 spiro atoms. The van der Waals surface area contributed by atoms with Crippen molar-refractivity contribution in [2.24, 2.45) is 0 Å². The quantitative estimate of drug-likeness (QED) is 0.434. The number of amides is 1. The Morgan fingerprint density at radius 1 is 0.861 bits per heavy atom. The van der Waals surface area contributed by atoms with Crippen LogP contribution in [-0.4, -0.2) is 58.4 Å².